The highest BCUT2D eigenvalue weighted by atomic mass is 14.2. The highest BCUT2D eigenvalue weighted by molar-refractivity contribution is 4.67. The van der Waals surface area contributed by atoms with E-state index >= 15 is 0 Å². The van der Waals surface area contributed by atoms with Crippen molar-refractivity contribution in [2.24, 2.45) is 5.41 Å². The Balaban J connectivity index is 3.26. The Labute approximate surface area is 91.5 Å². The first-order chi connectivity index (χ1) is 6.62. The minimum atomic E-state index is 0.597. The van der Waals surface area contributed by atoms with E-state index in [1.807, 2.05) is 0 Å². The van der Waals surface area contributed by atoms with Crippen molar-refractivity contribution in [1.29, 1.82) is 0 Å². The SMILES string of the molecule is CCCCCCCCC(C)(C)CCC. The lowest BCUT2D eigenvalue weighted by Crippen LogP contribution is -2.10. The van der Waals surface area contributed by atoms with E-state index in [0.29, 0.717) is 5.41 Å². The lowest BCUT2D eigenvalue weighted by molar-refractivity contribution is 0.291. The normalized spacial score (nSPS) is 12.0. The molecule has 0 aromatic rings. The van der Waals surface area contributed by atoms with E-state index in [2.05, 4.69) is 27.7 Å². The van der Waals surface area contributed by atoms with Gasteiger partial charge in [0.2, 0.25) is 0 Å². The molecule has 0 saturated heterocycles. The van der Waals surface area contributed by atoms with Gasteiger partial charge in [0.1, 0.15) is 0 Å². The molecule has 0 N–H and O–H groups in total. The summed E-state index contributed by atoms with van der Waals surface area (Å²) in [5.41, 5.74) is 0.597. The molecule has 0 spiro atoms. The molecule has 0 heterocycles. The van der Waals surface area contributed by atoms with Crippen LogP contribution in [0.2, 0.25) is 0 Å². The molecule has 0 bridgehead atoms. The highest BCUT2D eigenvalue weighted by Gasteiger charge is 2.15. The molecule has 0 radical (unpaired) electrons. The summed E-state index contributed by atoms with van der Waals surface area (Å²) in [4.78, 5) is 0. The van der Waals surface area contributed by atoms with Crippen LogP contribution in [0.15, 0.2) is 0 Å². The van der Waals surface area contributed by atoms with E-state index in [1.165, 1.54) is 57.8 Å². The van der Waals surface area contributed by atoms with Crippen LogP contribution in [0, 0.1) is 5.41 Å². The molecule has 0 aliphatic rings. The van der Waals surface area contributed by atoms with E-state index in [1.54, 1.807) is 0 Å². The largest absolute Gasteiger partial charge is 0.0654 e. The van der Waals surface area contributed by atoms with E-state index in [-0.39, 0.29) is 0 Å². The zero-order valence-electron chi connectivity index (χ0n) is 10.9. The lowest BCUT2D eigenvalue weighted by Gasteiger charge is -2.23. The van der Waals surface area contributed by atoms with Gasteiger partial charge < -0.3 is 0 Å². The Morgan fingerprint density at radius 3 is 1.79 bits per heavy atom. The van der Waals surface area contributed by atoms with Gasteiger partial charge in [-0.2, -0.15) is 0 Å². The third-order valence-corrected chi connectivity index (χ3v) is 3.13. The molecular weight excluding hydrogens is 168 g/mol. The zero-order chi connectivity index (χ0) is 10.9. The molecule has 0 atom stereocenters. The summed E-state index contributed by atoms with van der Waals surface area (Å²) in [5.74, 6) is 0. The second kappa shape index (κ2) is 8.32. The van der Waals surface area contributed by atoms with Crippen LogP contribution in [0.4, 0.5) is 0 Å². The van der Waals surface area contributed by atoms with Gasteiger partial charge in [-0.3, -0.25) is 0 Å². The van der Waals surface area contributed by atoms with Crippen LogP contribution in [0.1, 0.15) is 85.5 Å². The molecule has 0 aromatic heterocycles. The van der Waals surface area contributed by atoms with Gasteiger partial charge in [0.05, 0.1) is 0 Å². The minimum Gasteiger partial charge on any atom is -0.0654 e. The molecule has 0 aliphatic heterocycles. The second-order valence-corrected chi connectivity index (χ2v) is 5.43. The van der Waals surface area contributed by atoms with Crippen molar-refractivity contribution in [3.8, 4) is 0 Å². The Morgan fingerprint density at radius 2 is 1.21 bits per heavy atom. The maximum atomic E-state index is 2.42. The minimum absolute atomic E-state index is 0.597. The third kappa shape index (κ3) is 8.59. The Hall–Kier alpha value is 0. The van der Waals surface area contributed by atoms with Crippen LogP contribution in [0.25, 0.3) is 0 Å². The van der Waals surface area contributed by atoms with Gasteiger partial charge in [-0.1, -0.05) is 72.6 Å². The molecule has 0 aromatic carbocycles. The standard InChI is InChI=1S/C14H30/c1-5-7-8-9-10-11-13-14(3,4)12-6-2/h5-13H2,1-4H3. The molecule has 0 saturated carbocycles. The molecule has 0 unspecified atom stereocenters. The fourth-order valence-electron chi connectivity index (χ4n) is 2.19. The van der Waals surface area contributed by atoms with Gasteiger partial charge in [0, 0.05) is 0 Å². The first kappa shape index (κ1) is 14.0. The topological polar surface area (TPSA) is 0 Å². The molecule has 0 aliphatic carbocycles. The summed E-state index contributed by atoms with van der Waals surface area (Å²) < 4.78 is 0. The number of hydrogen-bond acceptors (Lipinski definition) is 0. The van der Waals surface area contributed by atoms with Crippen LogP contribution < -0.4 is 0 Å². The molecule has 0 nitrogen and oxygen atoms in total. The van der Waals surface area contributed by atoms with Crippen molar-refractivity contribution in [3.63, 3.8) is 0 Å². The van der Waals surface area contributed by atoms with Crippen molar-refractivity contribution >= 4 is 0 Å². The molecular formula is C14H30. The van der Waals surface area contributed by atoms with Gasteiger partial charge in [-0.05, 0) is 18.3 Å². The third-order valence-electron chi connectivity index (χ3n) is 3.13. The summed E-state index contributed by atoms with van der Waals surface area (Å²) >= 11 is 0. The quantitative estimate of drug-likeness (QED) is 0.425. The molecule has 0 rings (SSSR count). The molecule has 0 amide bonds. The smallest absolute Gasteiger partial charge is 0.0354 e. The van der Waals surface area contributed by atoms with Crippen LogP contribution in [0.5, 0.6) is 0 Å². The average molecular weight is 198 g/mol. The van der Waals surface area contributed by atoms with E-state index in [9.17, 15) is 0 Å². The first-order valence-corrected chi connectivity index (χ1v) is 6.62. The Morgan fingerprint density at radius 1 is 0.643 bits per heavy atom. The van der Waals surface area contributed by atoms with Crippen LogP contribution in [-0.2, 0) is 0 Å². The summed E-state index contributed by atoms with van der Waals surface area (Å²) in [5, 5.41) is 0. The van der Waals surface area contributed by atoms with Gasteiger partial charge in [0.15, 0.2) is 0 Å². The van der Waals surface area contributed by atoms with Crippen molar-refractivity contribution in [2.75, 3.05) is 0 Å². The second-order valence-electron chi connectivity index (χ2n) is 5.43. The van der Waals surface area contributed by atoms with Crippen molar-refractivity contribution in [2.45, 2.75) is 85.5 Å². The number of hydrogen-bond donors (Lipinski definition) is 0. The van der Waals surface area contributed by atoms with Crippen molar-refractivity contribution in [3.05, 3.63) is 0 Å². The number of unbranched alkanes of at least 4 members (excludes halogenated alkanes) is 5. The van der Waals surface area contributed by atoms with Gasteiger partial charge in [0.25, 0.3) is 0 Å². The van der Waals surface area contributed by atoms with Gasteiger partial charge >= 0.3 is 0 Å². The predicted octanol–water partition coefficient (Wildman–Crippen LogP) is 5.56. The fourth-order valence-corrected chi connectivity index (χ4v) is 2.19. The lowest BCUT2D eigenvalue weighted by atomic mass is 9.83. The zero-order valence-corrected chi connectivity index (χ0v) is 10.9. The average Bonchev–Trinajstić information content (AvgIpc) is 2.11. The Kier molecular flexibility index (Phi) is 8.32. The van der Waals surface area contributed by atoms with Gasteiger partial charge in [-0.25, -0.2) is 0 Å². The molecule has 14 heavy (non-hydrogen) atoms. The van der Waals surface area contributed by atoms with Crippen LogP contribution in [-0.4, -0.2) is 0 Å². The van der Waals surface area contributed by atoms with Gasteiger partial charge in [-0.15, -0.1) is 0 Å². The summed E-state index contributed by atoms with van der Waals surface area (Å²) in [7, 11) is 0. The summed E-state index contributed by atoms with van der Waals surface area (Å²) in [6.07, 6.45) is 12.7. The van der Waals surface area contributed by atoms with E-state index in [0.717, 1.165) is 0 Å². The molecule has 0 fully saturated rings. The summed E-state index contributed by atoms with van der Waals surface area (Å²) in [6.45, 7) is 9.42. The van der Waals surface area contributed by atoms with Crippen LogP contribution >= 0.6 is 0 Å². The van der Waals surface area contributed by atoms with E-state index < -0.39 is 0 Å². The fraction of sp³-hybridized carbons (Fsp3) is 1.00. The van der Waals surface area contributed by atoms with Crippen molar-refractivity contribution in [1.82, 2.24) is 0 Å². The molecule has 0 heteroatoms. The number of rotatable bonds is 9. The maximum Gasteiger partial charge on any atom is -0.0354 e. The van der Waals surface area contributed by atoms with Crippen molar-refractivity contribution < 1.29 is 0 Å². The predicted molar refractivity (Wildman–Crippen MR) is 66.7 cm³/mol. The van der Waals surface area contributed by atoms with Crippen LogP contribution in [0.3, 0.4) is 0 Å². The summed E-state index contributed by atoms with van der Waals surface area (Å²) in [6, 6.07) is 0. The highest BCUT2D eigenvalue weighted by Crippen LogP contribution is 2.29. The maximum absolute atomic E-state index is 2.42. The molecule has 86 valence electrons. The monoisotopic (exact) mass is 198 g/mol. The first-order valence-electron chi connectivity index (χ1n) is 6.62. The Bertz CT molecular complexity index is 113. The van der Waals surface area contributed by atoms with E-state index in [4.69, 9.17) is 0 Å².